The zero-order chi connectivity index (χ0) is 20.3. The minimum Gasteiger partial charge on any atom is -0.325 e. The van der Waals surface area contributed by atoms with Gasteiger partial charge in [-0.2, -0.15) is 0 Å². The zero-order valence-corrected chi connectivity index (χ0v) is 18.1. The van der Waals surface area contributed by atoms with Gasteiger partial charge in [0, 0.05) is 17.0 Å². The Kier molecular flexibility index (Phi) is 5.51. The molecular formula is C24H21N3OS2. The van der Waals surface area contributed by atoms with E-state index in [1.165, 1.54) is 29.3 Å². The number of thiophene rings is 1. The van der Waals surface area contributed by atoms with Gasteiger partial charge in [-0.25, -0.2) is 9.98 Å². The molecule has 0 spiro atoms. The lowest BCUT2D eigenvalue weighted by Crippen LogP contribution is -2.16. The third-order valence-electron chi connectivity index (χ3n) is 5.26. The van der Waals surface area contributed by atoms with E-state index in [4.69, 9.17) is 9.98 Å². The van der Waals surface area contributed by atoms with Crippen LogP contribution in [0.4, 0.5) is 17.1 Å². The number of thioether (sulfide) groups is 1. The van der Waals surface area contributed by atoms with E-state index in [-0.39, 0.29) is 5.91 Å². The van der Waals surface area contributed by atoms with Crippen LogP contribution in [0.15, 0.2) is 70.0 Å². The molecule has 6 heteroatoms. The molecule has 3 aromatic rings. The predicted molar refractivity (Wildman–Crippen MR) is 128 cm³/mol. The minimum atomic E-state index is -0.00667. The van der Waals surface area contributed by atoms with Gasteiger partial charge in [0.2, 0.25) is 5.91 Å². The number of carbonyl (C=O) groups excluding carboxylic acids is 1. The lowest BCUT2D eigenvalue weighted by atomic mass is 10.1. The average molecular weight is 432 g/mol. The topological polar surface area (TPSA) is 53.8 Å². The molecule has 0 saturated heterocycles. The highest BCUT2D eigenvalue weighted by Gasteiger charge is 2.17. The smallest absolute Gasteiger partial charge is 0.234 e. The largest absolute Gasteiger partial charge is 0.325 e. The lowest BCUT2D eigenvalue weighted by Gasteiger charge is -2.09. The fourth-order valence-electron chi connectivity index (χ4n) is 3.82. The molecule has 5 rings (SSSR count). The number of hydrogen-bond acceptors (Lipinski definition) is 5. The molecule has 0 radical (unpaired) electrons. The number of nitrogens with one attached hydrogen (secondary N) is 1. The van der Waals surface area contributed by atoms with Crippen molar-refractivity contribution in [1.29, 1.82) is 0 Å². The second-order valence-electron chi connectivity index (χ2n) is 7.38. The highest BCUT2D eigenvalue weighted by Crippen LogP contribution is 2.34. The van der Waals surface area contributed by atoms with Crippen LogP contribution in [0, 0.1) is 0 Å². The van der Waals surface area contributed by atoms with Gasteiger partial charge in [0.1, 0.15) is 0 Å². The number of para-hydroxylation sites is 2. The zero-order valence-electron chi connectivity index (χ0n) is 16.4. The molecule has 0 fully saturated rings. The highest BCUT2D eigenvalue weighted by molar-refractivity contribution is 8.14. The van der Waals surface area contributed by atoms with E-state index < -0.39 is 0 Å². The molecule has 2 aliphatic rings. The highest BCUT2D eigenvalue weighted by atomic mass is 32.2. The molecule has 150 valence electrons. The van der Waals surface area contributed by atoms with Gasteiger partial charge in [0.15, 0.2) is 0 Å². The van der Waals surface area contributed by atoms with Gasteiger partial charge in [0.25, 0.3) is 0 Å². The van der Waals surface area contributed by atoms with Gasteiger partial charge in [-0.3, -0.25) is 4.79 Å². The van der Waals surface area contributed by atoms with Crippen LogP contribution < -0.4 is 5.32 Å². The molecule has 0 atom stereocenters. The summed E-state index contributed by atoms with van der Waals surface area (Å²) in [6.45, 7) is 0. The lowest BCUT2D eigenvalue weighted by molar-refractivity contribution is -0.113. The van der Waals surface area contributed by atoms with Crippen molar-refractivity contribution in [1.82, 2.24) is 0 Å². The number of benzene rings is 2. The van der Waals surface area contributed by atoms with E-state index in [2.05, 4.69) is 28.9 Å². The van der Waals surface area contributed by atoms with Gasteiger partial charge in [-0.15, -0.1) is 23.1 Å². The maximum absolute atomic E-state index is 12.6. The van der Waals surface area contributed by atoms with Crippen LogP contribution in [0.2, 0.25) is 0 Å². The van der Waals surface area contributed by atoms with Crippen molar-refractivity contribution in [3.63, 3.8) is 0 Å². The SMILES string of the molecule is O=C(CSC1=Nc2ccccc2N=C(c2cccs2)C1)Nc1ccc2c(c1)CCC2. The Hall–Kier alpha value is -2.70. The van der Waals surface area contributed by atoms with Crippen molar-refractivity contribution in [2.45, 2.75) is 25.7 Å². The molecular weight excluding hydrogens is 410 g/mol. The van der Waals surface area contributed by atoms with Crippen LogP contribution >= 0.6 is 23.1 Å². The summed E-state index contributed by atoms with van der Waals surface area (Å²) < 4.78 is 0. The first kappa shape index (κ1) is 19.3. The summed E-state index contributed by atoms with van der Waals surface area (Å²) in [5, 5.41) is 6.01. The summed E-state index contributed by atoms with van der Waals surface area (Å²) in [7, 11) is 0. The second kappa shape index (κ2) is 8.58. The number of nitrogens with zero attached hydrogens (tertiary/aromatic N) is 2. The van der Waals surface area contributed by atoms with E-state index in [0.717, 1.165) is 45.5 Å². The van der Waals surface area contributed by atoms with Gasteiger partial charge in [-0.05, 0) is 66.1 Å². The van der Waals surface area contributed by atoms with E-state index >= 15 is 0 Å². The van der Waals surface area contributed by atoms with E-state index in [0.29, 0.717) is 12.2 Å². The Morgan fingerprint density at radius 3 is 2.67 bits per heavy atom. The van der Waals surface area contributed by atoms with E-state index in [1.54, 1.807) is 11.3 Å². The molecule has 2 aromatic carbocycles. The van der Waals surface area contributed by atoms with Crippen molar-refractivity contribution in [2.24, 2.45) is 9.98 Å². The van der Waals surface area contributed by atoms with E-state index in [9.17, 15) is 4.79 Å². The maximum atomic E-state index is 12.6. The fourth-order valence-corrected chi connectivity index (χ4v) is 5.31. The van der Waals surface area contributed by atoms with Crippen LogP contribution in [-0.4, -0.2) is 22.4 Å². The molecule has 4 nitrogen and oxygen atoms in total. The number of hydrogen-bond donors (Lipinski definition) is 1. The van der Waals surface area contributed by atoms with Crippen molar-refractivity contribution in [3.8, 4) is 0 Å². The molecule has 0 bridgehead atoms. The number of rotatable bonds is 4. The Balaban J connectivity index is 1.30. The van der Waals surface area contributed by atoms with Crippen molar-refractivity contribution >= 4 is 56.8 Å². The Labute approximate surface area is 184 Å². The third kappa shape index (κ3) is 4.25. The summed E-state index contributed by atoms with van der Waals surface area (Å²) in [5.74, 6) is 0.322. The van der Waals surface area contributed by atoms with Gasteiger partial charge in [0.05, 0.1) is 27.9 Å². The second-order valence-corrected chi connectivity index (χ2v) is 9.38. The summed E-state index contributed by atoms with van der Waals surface area (Å²) in [6.07, 6.45) is 4.09. The predicted octanol–water partition coefficient (Wildman–Crippen LogP) is 6.16. The summed E-state index contributed by atoms with van der Waals surface area (Å²) >= 11 is 3.17. The molecule has 1 aliphatic carbocycles. The molecule has 0 saturated carbocycles. The van der Waals surface area contributed by atoms with Crippen LogP contribution in [0.25, 0.3) is 0 Å². The summed E-state index contributed by atoms with van der Waals surface area (Å²) in [6, 6.07) is 18.3. The van der Waals surface area contributed by atoms with Crippen molar-refractivity contribution in [2.75, 3.05) is 11.1 Å². The first-order valence-electron chi connectivity index (χ1n) is 10.1. The molecule has 1 aromatic heterocycles. The number of anilines is 1. The monoisotopic (exact) mass is 431 g/mol. The van der Waals surface area contributed by atoms with Gasteiger partial charge >= 0.3 is 0 Å². The van der Waals surface area contributed by atoms with Crippen molar-refractivity contribution < 1.29 is 4.79 Å². The Morgan fingerprint density at radius 2 is 1.83 bits per heavy atom. The Bertz CT molecular complexity index is 1150. The summed E-state index contributed by atoms with van der Waals surface area (Å²) in [5.41, 5.74) is 6.39. The molecule has 2 heterocycles. The third-order valence-corrected chi connectivity index (χ3v) is 7.15. The fraction of sp³-hybridized carbons (Fsp3) is 0.208. The van der Waals surface area contributed by atoms with E-state index in [1.807, 2.05) is 36.4 Å². The number of carbonyl (C=O) groups is 1. The molecule has 0 unspecified atom stereocenters. The number of amides is 1. The Morgan fingerprint density at radius 1 is 1.00 bits per heavy atom. The number of aliphatic imine (C=N–C) groups is 2. The average Bonchev–Trinajstić information content (AvgIpc) is 3.41. The minimum absolute atomic E-state index is 0.00667. The maximum Gasteiger partial charge on any atom is 0.234 e. The number of aryl methyl sites for hydroxylation is 2. The quantitative estimate of drug-likeness (QED) is 0.537. The van der Waals surface area contributed by atoms with Gasteiger partial charge < -0.3 is 5.32 Å². The molecule has 1 aliphatic heterocycles. The first-order chi connectivity index (χ1) is 14.7. The van der Waals surface area contributed by atoms with Crippen LogP contribution in [0.1, 0.15) is 28.8 Å². The molecule has 1 amide bonds. The van der Waals surface area contributed by atoms with Gasteiger partial charge in [-0.1, -0.05) is 24.3 Å². The first-order valence-corrected chi connectivity index (χ1v) is 11.9. The number of fused-ring (bicyclic) bond motifs is 2. The van der Waals surface area contributed by atoms with Crippen LogP contribution in [0.5, 0.6) is 0 Å². The summed E-state index contributed by atoms with van der Waals surface area (Å²) in [4.78, 5) is 23.4. The van der Waals surface area contributed by atoms with Crippen molar-refractivity contribution in [3.05, 3.63) is 76.0 Å². The van der Waals surface area contributed by atoms with Crippen LogP contribution in [0.3, 0.4) is 0 Å². The standard InChI is InChI=1S/C24H21N3OS2/c28-23(25-18-11-10-16-5-3-6-17(16)13-18)15-30-24-14-21(22-9-4-12-29-22)26-19-7-1-2-8-20(19)27-24/h1-2,4,7-13H,3,5-6,14-15H2,(H,25,28). The molecule has 1 N–H and O–H groups in total. The van der Waals surface area contributed by atoms with Crippen LogP contribution in [-0.2, 0) is 17.6 Å². The normalized spacial score (nSPS) is 14.9. The molecule has 30 heavy (non-hydrogen) atoms.